The number of carbonyl (C=O) groups is 2. The smallest absolute Gasteiger partial charge is 0.323 e. The minimum atomic E-state index is -1.05. The summed E-state index contributed by atoms with van der Waals surface area (Å²) in [6.45, 7) is 7.04. The molecule has 8 heteroatoms. The molecule has 1 amide bonds. The van der Waals surface area contributed by atoms with Gasteiger partial charge in [-0.25, -0.2) is 4.98 Å². The van der Waals surface area contributed by atoms with Gasteiger partial charge in [-0.05, 0) is 33.3 Å². The number of amides is 1. The number of nitrogens with zero attached hydrogens (tertiary/aromatic N) is 2. The van der Waals surface area contributed by atoms with Crippen LogP contribution in [0, 0.1) is 13.8 Å². The Morgan fingerprint density at radius 1 is 1.33 bits per heavy atom. The van der Waals surface area contributed by atoms with Crippen molar-refractivity contribution >= 4 is 33.4 Å². The molecule has 0 radical (unpaired) electrons. The number of nitrogens with one attached hydrogen (secondary N) is 1. The monoisotopic (exact) mass is 351 g/mol. The molecule has 130 valence electrons. The third kappa shape index (κ3) is 3.81. The Morgan fingerprint density at radius 2 is 2.00 bits per heavy atom. The van der Waals surface area contributed by atoms with Crippen molar-refractivity contribution in [2.24, 2.45) is 0 Å². The maximum Gasteiger partial charge on any atom is 0.323 e. The van der Waals surface area contributed by atoms with Crippen LogP contribution in [0.4, 0.5) is 0 Å². The summed E-state index contributed by atoms with van der Waals surface area (Å²) in [5.74, 6) is -0.871. The van der Waals surface area contributed by atoms with E-state index in [-0.39, 0.29) is 36.9 Å². The molecule has 0 aromatic carbocycles. The van der Waals surface area contributed by atoms with Crippen LogP contribution in [0.1, 0.15) is 36.5 Å². The predicted molar refractivity (Wildman–Crippen MR) is 92.5 cm³/mol. The van der Waals surface area contributed by atoms with Crippen LogP contribution in [0.3, 0.4) is 0 Å². The maximum atomic E-state index is 12.2. The number of H-pyrrole nitrogens is 1. The lowest BCUT2D eigenvalue weighted by Gasteiger charge is -2.24. The van der Waals surface area contributed by atoms with Crippen LogP contribution in [-0.4, -0.2) is 44.4 Å². The summed E-state index contributed by atoms with van der Waals surface area (Å²) in [5.41, 5.74) is 0.731. The van der Waals surface area contributed by atoms with E-state index in [1.54, 1.807) is 13.8 Å². The highest BCUT2D eigenvalue weighted by Gasteiger charge is 2.20. The third-order valence-corrected chi connectivity index (χ3v) is 5.01. The number of carboxylic acids is 1. The fourth-order valence-corrected chi connectivity index (χ4v) is 3.54. The quantitative estimate of drug-likeness (QED) is 0.827. The molecular formula is C16H21N3O4S. The summed E-state index contributed by atoms with van der Waals surface area (Å²) in [6.07, 6.45) is 0.367. The van der Waals surface area contributed by atoms with Gasteiger partial charge in [-0.1, -0.05) is 0 Å². The molecule has 2 heterocycles. The average molecular weight is 351 g/mol. The molecule has 0 aliphatic rings. The van der Waals surface area contributed by atoms with Crippen LogP contribution >= 0.6 is 11.3 Å². The number of rotatable bonds is 6. The SMILES string of the molecule is Cc1sc2nc(CCC(=O)N(CC(=O)O)C(C)C)[nH]c(=O)c2c1C. The first-order valence-corrected chi connectivity index (χ1v) is 8.52. The van der Waals surface area contributed by atoms with Crippen molar-refractivity contribution in [1.29, 1.82) is 0 Å². The molecule has 2 aromatic heterocycles. The Bertz CT molecular complexity index is 838. The van der Waals surface area contributed by atoms with Gasteiger partial charge in [-0.3, -0.25) is 14.4 Å². The molecule has 0 spiro atoms. The van der Waals surface area contributed by atoms with Crippen molar-refractivity contribution in [3.63, 3.8) is 0 Å². The molecule has 0 aliphatic carbocycles. The van der Waals surface area contributed by atoms with E-state index in [0.29, 0.717) is 16.0 Å². The number of hydrogen-bond acceptors (Lipinski definition) is 5. The third-order valence-electron chi connectivity index (χ3n) is 3.91. The zero-order valence-electron chi connectivity index (χ0n) is 14.2. The van der Waals surface area contributed by atoms with Crippen molar-refractivity contribution in [2.45, 2.75) is 46.6 Å². The Balaban J connectivity index is 2.17. The van der Waals surface area contributed by atoms with Gasteiger partial charge < -0.3 is 15.0 Å². The lowest BCUT2D eigenvalue weighted by molar-refractivity contribution is -0.145. The Hall–Kier alpha value is -2.22. The zero-order valence-corrected chi connectivity index (χ0v) is 15.0. The van der Waals surface area contributed by atoms with Crippen molar-refractivity contribution in [2.75, 3.05) is 6.54 Å². The number of aryl methyl sites for hydroxylation is 3. The van der Waals surface area contributed by atoms with Crippen molar-refractivity contribution in [3.8, 4) is 0 Å². The standard InChI is InChI=1S/C16H21N3O4S/c1-8(2)19(7-13(21)22)12(20)6-5-11-17-15(23)14-9(3)10(4)24-16(14)18-11/h8H,5-7H2,1-4H3,(H,21,22)(H,17,18,23). The van der Waals surface area contributed by atoms with E-state index in [1.165, 1.54) is 16.2 Å². The van der Waals surface area contributed by atoms with Crippen LogP contribution in [0.25, 0.3) is 10.2 Å². The number of aliphatic carboxylic acids is 1. The van der Waals surface area contributed by atoms with Crippen LogP contribution in [0.2, 0.25) is 0 Å². The van der Waals surface area contributed by atoms with Gasteiger partial charge in [0.1, 0.15) is 17.2 Å². The van der Waals surface area contributed by atoms with E-state index < -0.39 is 5.97 Å². The molecule has 0 aliphatic heterocycles. The Labute approximate surface area is 143 Å². The number of carboxylic acid groups (broad SMARTS) is 1. The van der Waals surface area contributed by atoms with Gasteiger partial charge in [0, 0.05) is 23.8 Å². The first-order chi connectivity index (χ1) is 11.2. The van der Waals surface area contributed by atoms with Crippen molar-refractivity contribution in [1.82, 2.24) is 14.9 Å². The molecule has 2 N–H and O–H groups in total. The summed E-state index contributed by atoms with van der Waals surface area (Å²) in [7, 11) is 0. The number of aromatic nitrogens is 2. The molecular weight excluding hydrogens is 330 g/mol. The highest BCUT2D eigenvalue weighted by Crippen LogP contribution is 2.25. The normalized spacial score (nSPS) is 11.2. The molecule has 0 fully saturated rings. The summed E-state index contributed by atoms with van der Waals surface area (Å²) >= 11 is 1.46. The average Bonchev–Trinajstić information content (AvgIpc) is 2.77. The molecule has 24 heavy (non-hydrogen) atoms. The van der Waals surface area contributed by atoms with Gasteiger partial charge in [-0.15, -0.1) is 11.3 Å². The van der Waals surface area contributed by atoms with Gasteiger partial charge in [0.2, 0.25) is 5.91 Å². The number of hydrogen-bond donors (Lipinski definition) is 2. The lowest BCUT2D eigenvalue weighted by Crippen LogP contribution is -2.40. The summed E-state index contributed by atoms with van der Waals surface area (Å²) < 4.78 is 0. The van der Waals surface area contributed by atoms with Crippen molar-refractivity contribution in [3.05, 3.63) is 26.6 Å². The number of carbonyl (C=O) groups excluding carboxylic acids is 1. The van der Waals surface area contributed by atoms with Gasteiger partial charge >= 0.3 is 5.97 Å². The number of aromatic amines is 1. The van der Waals surface area contributed by atoms with E-state index in [9.17, 15) is 14.4 Å². The van der Waals surface area contributed by atoms with E-state index in [4.69, 9.17) is 5.11 Å². The highest BCUT2D eigenvalue weighted by atomic mass is 32.1. The van der Waals surface area contributed by atoms with Gasteiger partial charge in [0.25, 0.3) is 5.56 Å². The van der Waals surface area contributed by atoms with Gasteiger partial charge in [0.05, 0.1) is 5.39 Å². The van der Waals surface area contributed by atoms with E-state index in [1.807, 2.05) is 13.8 Å². The fraction of sp³-hybridized carbons (Fsp3) is 0.500. The summed E-state index contributed by atoms with van der Waals surface area (Å²) in [4.78, 5) is 45.5. The first-order valence-electron chi connectivity index (χ1n) is 7.70. The second-order valence-corrected chi connectivity index (χ2v) is 7.19. The highest BCUT2D eigenvalue weighted by molar-refractivity contribution is 7.18. The topological polar surface area (TPSA) is 103 Å². The second kappa shape index (κ2) is 7.12. The number of fused-ring (bicyclic) bond motifs is 1. The minimum absolute atomic E-state index is 0.100. The van der Waals surface area contributed by atoms with E-state index in [2.05, 4.69) is 9.97 Å². The maximum absolute atomic E-state index is 12.2. The van der Waals surface area contributed by atoms with Crippen molar-refractivity contribution < 1.29 is 14.7 Å². The Morgan fingerprint density at radius 3 is 2.58 bits per heavy atom. The van der Waals surface area contributed by atoms with Crippen LogP contribution in [-0.2, 0) is 16.0 Å². The second-order valence-electron chi connectivity index (χ2n) is 5.99. The molecule has 7 nitrogen and oxygen atoms in total. The van der Waals surface area contributed by atoms with Gasteiger partial charge in [-0.2, -0.15) is 0 Å². The minimum Gasteiger partial charge on any atom is -0.480 e. The molecule has 2 aromatic rings. The lowest BCUT2D eigenvalue weighted by atomic mass is 10.2. The predicted octanol–water partition coefficient (Wildman–Crippen LogP) is 1.86. The van der Waals surface area contributed by atoms with Crippen LogP contribution < -0.4 is 5.56 Å². The molecule has 0 saturated carbocycles. The zero-order chi connectivity index (χ0) is 18.0. The van der Waals surface area contributed by atoms with Crippen LogP contribution in [0.15, 0.2) is 4.79 Å². The summed E-state index contributed by atoms with van der Waals surface area (Å²) in [6, 6.07) is -0.203. The summed E-state index contributed by atoms with van der Waals surface area (Å²) in [5, 5.41) is 9.50. The largest absolute Gasteiger partial charge is 0.480 e. The first kappa shape index (κ1) is 18.1. The number of thiophene rings is 1. The molecule has 0 saturated heterocycles. The molecule has 0 unspecified atom stereocenters. The van der Waals surface area contributed by atoms with E-state index in [0.717, 1.165) is 10.4 Å². The molecule has 0 bridgehead atoms. The fourth-order valence-electron chi connectivity index (χ4n) is 2.49. The Kier molecular flexibility index (Phi) is 5.38. The van der Waals surface area contributed by atoms with E-state index >= 15 is 0 Å². The van der Waals surface area contributed by atoms with Crippen LogP contribution in [0.5, 0.6) is 0 Å². The van der Waals surface area contributed by atoms with Gasteiger partial charge in [0.15, 0.2) is 0 Å². The molecule has 0 atom stereocenters. The molecule has 2 rings (SSSR count).